The van der Waals surface area contributed by atoms with Gasteiger partial charge in [-0.15, -0.1) is 0 Å². The molecule has 0 atom stereocenters. The highest BCUT2D eigenvalue weighted by molar-refractivity contribution is 5.32. The minimum atomic E-state index is 0.504. The summed E-state index contributed by atoms with van der Waals surface area (Å²) in [6, 6.07) is 10.7. The summed E-state index contributed by atoms with van der Waals surface area (Å²) in [5, 5.41) is 0. The van der Waals surface area contributed by atoms with E-state index in [1.54, 1.807) is 0 Å². The highest BCUT2D eigenvalue weighted by Gasteiger charge is 1.88. The standard InChI is InChI=1S/C9H8NO/c11-8-10-7-6-9-4-2-1-3-5-9/h1-4H,6-7H2. The normalized spacial score (nSPS) is 8.73. The van der Waals surface area contributed by atoms with Crippen LogP contribution in [0.25, 0.3) is 0 Å². The molecule has 1 aromatic rings. The molecule has 1 aromatic carbocycles. The lowest BCUT2D eigenvalue weighted by Gasteiger charge is -1.93. The molecular formula is C9H8NO. The Morgan fingerprint density at radius 3 is 3.09 bits per heavy atom. The summed E-state index contributed by atoms with van der Waals surface area (Å²) in [5.41, 5.74) is 1.08. The van der Waals surface area contributed by atoms with Crippen molar-refractivity contribution in [1.82, 2.24) is 0 Å². The number of aliphatic imine (C=N–C) groups is 1. The molecule has 0 aliphatic carbocycles. The quantitative estimate of drug-likeness (QED) is 0.467. The number of rotatable bonds is 3. The maximum absolute atomic E-state index is 9.69. The van der Waals surface area contributed by atoms with Gasteiger partial charge in [-0.05, 0) is 18.1 Å². The first-order chi connectivity index (χ1) is 5.43. The Hall–Kier alpha value is -1.40. The van der Waals surface area contributed by atoms with Crippen molar-refractivity contribution >= 4 is 6.08 Å². The molecule has 0 fully saturated rings. The van der Waals surface area contributed by atoms with E-state index in [1.807, 2.05) is 24.3 Å². The van der Waals surface area contributed by atoms with Gasteiger partial charge in [0.15, 0.2) is 0 Å². The number of benzene rings is 1. The SMILES string of the molecule is O=C=NCCc1[c]cccc1. The van der Waals surface area contributed by atoms with Crippen LogP contribution in [-0.2, 0) is 11.2 Å². The Kier molecular flexibility index (Phi) is 3.10. The molecule has 0 spiro atoms. The molecule has 0 heterocycles. The van der Waals surface area contributed by atoms with E-state index in [1.165, 1.54) is 6.08 Å². The van der Waals surface area contributed by atoms with E-state index in [0.717, 1.165) is 12.0 Å². The highest BCUT2D eigenvalue weighted by atomic mass is 16.1. The summed E-state index contributed by atoms with van der Waals surface area (Å²) in [7, 11) is 0. The van der Waals surface area contributed by atoms with Crippen molar-refractivity contribution in [2.75, 3.05) is 6.54 Å². The van der Waals surface area contributed by atoms with Gasteiger partial charge in [-0.2, -0.15) is 0 Å². The predicted octanol–water partition coefficient (Wildman–Crippen LogP) is 1.37. The minimum absolute atomic E-state index is 0.504. The lowest BCUT2D eigenvalue weighted by Crippen LogP contribution is -1.87. The van der Waals surface area contributed by atoms with Crippen LogP contribution >= 0.6 is 0 Å². The molecule has 0 aliphatic rings. The molecular weight excluding hydrogens is 138 g/mol. The molecule has 1 rings (SSSR count). The van der Waals surface area contributed by atoms with Gasteiger partial charge in [-0.25, -0.2) is 9.79 Å². The topological polar surface area (TPSA) is 29.4 Å². The number of isocyanates is 1. The van der Waals surface area contributed by atoms with Gasteiger partial charge in [0.25, 0.3) is 0 Å². The summed E-state index contributed by atoms with van der Waals surface area (Å²) in [6.07, 6.45) is 2.26. The molecule has 0 aromatic heterocycles. The molecule has 2 nitrogen and oxygen atoms in total. The van der Waals surface area contributed by atoms with Crippen molar-refractivity contribution < 1.29 is 4.79 Å². The molecule has 11 heavy (non-hydrogen) atoms. The predicted molar refractivity (Wildman–Crippen MR) is 42.0 cm³/mol. The zero-order valence-corrected chi connectivity index (χ0v) is 6.08. The van der Waals surface area contributed by atoms with Crippen molar-refractivity contribution in [3.05, 3.63) is 35.9 Å². The van der Waals surface area contributed by atoms with Gasteiger partial charge in [-0.3, -0.25) is 0 Å². The van der Waals surface area contributed by atoms with Crippen molar-refractivity contribution in [3.8, 4) is 0 Å². The fourth-order valence-corrected chi connectivity index (χ4v) is 0.808. The average Bonchev–Trinajstić information content (AvgIpc) is 2.07. The van der Waals surface area contributed by atoms with Crippen molar-refractivity contribution in [1.29, 1.82) is 0 Å². The second-order valence-electron chi connectivity index (χ2n) is 2.11. The largest absolute Gasteiger partial charge is 0.234 e. The molecule has 55 valence electrons. The Balaban J connectivity index is 2.45. The van der Waals surface area contributed by atoms with Crippen LogP contribution in [0.1, 0.15) is 5.56 Å². The first-order valence-electron chi connectivity index (χ1n) is 3.42. The van der Waals surface area contributed by atoms with E-state index in [4.69, 9.17) is 0 Å². The minimum Gasteiger partial charge on any atom is -0.211 e. The molecule has 0 N–H and O–H groups in total. The van der Waals surface area contributed by atoms with Crippen LogP contribution in [0, 0.1) is 6.07 Å². The third-order valence-electron chi connectivity index (χ3n) is 1.33. The van der Waals surface area contributed by atoms with E-state index in [9.17, 15) is 4.79 Å². The molecule has 0 bridgehead atoms. The Morgan fingerprint density at radius 2 is 2.45 bits per heavy atom. The van der Waals surface area contributed by atoms with Crippen LogP contribution in [0.3, 0.4) is 0 Å². The van der Waals surface area contributed by atoms with Crippen LogP contribution in [0.5, 0.6) is 0 Å². The van der Waals surface area contributed by atoms with Crippen LogP contribution < -0.4 is 0 Å². The van der Waals surface area contributed by atoms with E-state index in [-0.39, 0.29) is 0 Å². The van der Waals surface area contributed by atoms with Crippen molar-refractivity contribution in [2.45, 2.75) is 6.42 Å². The fourth-order valence-electron chi connectivity index (χ4n) is 0.808. The zero-order valence-electron chi connectivity index (χ0n) is 6.08. The maximum Gasteiger partial charge on any atom is 0.234 e. The third kappa shape index (κ3) is 2.78. The van der Waals surface area contributed by atoms with E-state index in [0.29, 0.717) is 6.54 Å². The van der Waals surface area contributed by atoms with Gasteiger partial charge >= 0.3 is 0 Å². The number of hydrogen-bond donors (Lipinski definition) is 0. The lowest BCUT2D eigenvalue weighted by molar-refractivity contribution is 0.563. The second-order valence-corrected chi connectivity index (χ2v) is 2.11. The molecule has 0 aliphatic heterocycles. The molecule has 1 radical (unpaired) electrons. The number of nitrogens with zero attached hydrogens (tertiary/aromatic N) is 1. The summed E-state index contributed by atoms with van der Waals surface area (Å²) < 4.78 is 0. The Bertz CT molecular complexity index is 250. The van der Waals surface area contributed by atoms with Gasteiger partial charge in [0.2, 0.25) is 6.08 Å². The molecule has 0 unspecified atom stereocenters. The Labute approximate surface area is 65.6 Å². The van der Waals surface area contributed by atoms with Gasteiger partial charge in [-0.1, -0.05) is 24.3 Å². The molecule has 0 saturated heterocycles. The van der Waals surface area contributed by atoms with Crippen LogP contribution in [-0.4, -0.2) is 12.6 Å². The van der Waals surface area contributed by atoms with Gasteiger partial charge in [0.1, 0.15) is 0 Å². The monoisotopic (exact) mass is 146 g/mol. The van der Waals surface area contributed by atoms with Gasteiger partial charge < -0.3 is 0 Å². The smallest absolute Gasteiger partial charge is 0.211 e. The lowest BCUT2D eigenvalue weighted by atomic mass is 10.2. The van der Waals surface area contributed by atoms with Gasteiger partial charge in [0.05, 0.1) is 6.54 Å². The summed E-state index contributed by atoms with van der Waals surface area (Å²) in [6.45, 7) is 0.504. The summed E-state index contributed by atoms with van der Waals surface area (Å²) in [5.74, 6) is 0. The second kappa shape index (κ2) is 4.42. The first-order valence-corrected chi connectivity index (χ1v) is 3.42. The number of carbonyl (C=O) groups excluding carboxylic acids is 1. The summed E-state index contributed by atoms with van der Waals surface area (Å²) >= 11 is 0. The van der Waals surface area contributed by atoms with Crippen LogP contribution in [0.4, 0.5) is 0 Å². The van der Waals surface area contributed by atoms with Crippen molar-refractivity contribution in [2.24, 2.45) is 4.99 Å². The fraction of sp³-hybridized carbons (Fsp3) is 0.222. The van der Waals surface area contributed by atoms with Crippen LogP contribution in [0.2, 0.25) is 0 Å². The number of hydrogen-bond acceptors (Lipinski definition) is 2. The third-order valence-corrected chi connectivity index (χ3v) is 1.33. The van der Waals surface area contributed by atoms with E-state index < -0.39 is 0 Å². The van der Waals surface area contributed by atoms with Crippen molar-refractivity contribution in [3.63, 3.8) is 0 Å². The van der Waals surface area contributed by atoms with Crippen LogP contribution in [0.15, 0.2) is 29.3 Å². The molecule has 0 amide bonds. The maximum atomic E-state index is 9.69. The molecule has 2 heteroatoms. The Morgan fingerprint density at radius 1 is 1.55 bits per heavy atom. The first kappa shape index (κ1) is 7.70. The zero-order chi connectivity index (χ0) is 7.94. The highest BCUT2D eigenvalue weighted by Crippen LogP contribution is 1.97. The van der Waals surface area contributed by atoms with Gasteiger partial charge in [0, 0.05) is 0 Å². The van der Waals surface area contributed by atoms with E-state index in [2.05, 4.69) is 11.1 Å². The average molecular weight is 146 g/mol. The summed E-state index contributed by atoms with van der Waals surface area (Å²) in [4.78, 5) is 13.1. The van der Waals surface area contributed by atoms with E-state index >= 15 is 0 Å². The molecule has 0 saturated carbocycles.